The molecule has 0 amide bonds. The van der Waals surface area contributed by atoms with Gasteiger partial charge < -0.3 is 14.8 Å². The van der Waals surface area contributed by atoms with Gasteiger partial charge in [0, 0.05) is 14.6 Å². The average molecular weight is 375 g/mol. The standard InChI is InChI=1S/C12H9Br2NO3/c13-7-1-2-10(9(14)5-7)15-6-11-8(12(16)17)3-4-18-11/h1-5,15H,6H2,(H,16,17). The molecule has 1 heterocycles. The molecule has 4 nitrogen and oxygen atoms in total. The summed E-state index contributed by atoms with van der Waals surface area (Å²) in [6.45, 7) is 0.314. The monoisotopic (exact) mass is 373 g/mol. The molecule has 2 aromatic rings. The Hall–Kier alpha value is -1.27. The van der Waals surface area contributed by atoms with Crippen LogP contribution in [0, 0.1) is 0 Å². The molecule has 2 N–H and O–H groups in total. The first-order valence-corrected chi connectivity index (χ1v) is 6.65. The molecule has 0 unspecified atom stereocenters. The predicted octanol–water partition coefficient (Wildman–Crippen LogP) is 4.11. The molecule has 0 aliphatic carbocycles. The fraction of sp³-hybridized carbons (Fsp3) is 0.0833. The van der Waals surface area contributed by atoms with Crippen LogP contribution >= 0.6 is 31.9 Å². The highest BCUT2D eigenvalue weighted by Gasteiger charge is 2.13. The van der Waals surface area contributed by atoms with E-state index in [4.69, 9.17) is 9.52 Å². The van der Waals surface area contributed by atoms with Gasteiger partial charge in [-0.3, -0.25) is 0 Å². The smallest absolute Gasteiger partial charge is 0.339 e. The molecule has 94 valence electrons. The highest BCUT2D eigenvalue weighted by molar-refractivity contribution is 9.11. The van der Waals surface area contributed by atoms with Crippen LogP contribution in [-0.2, 0) is 6.54 Å². The van der Waals surface area contributed by atoms with E-state index in [1.807, 2.05) is 18.2 Å². The summed E-state index contributed by atoms with van der Waals surface area (Å²) in [5.41, 5.74) is 1.04. The lowest BCUT2D eigenvalue weighted by Gasteiger charge is -2.07. The minimum absolute atomic E-state index is 0.177. The van der Waals surface area contributed by atoms with Gasteiger partial charge in [0.05, 0.1) is 12.8 Å². The summed E-state index contributed by atoms with van der Waals surface area (Å²) in [6.07, 6.45) is 1.37. The van der Waals surface area contributed by atoms with E-state index in [1.54, 1.807) is 0 Å². The first-order chi connectivity index (χ1) is 8.58. The number of carboxylic acid groups (broad SMARTS) is 1. The zero-order chi connectivity index (χ0) is 13.1. The van der Waals surface area contributed by atoms with Gasteiger partial charge in [-0.15, -0.1) is 0 Å². The van der Waals surface area contributed by atoms with Crippen molar-refractivity contribution in [2.45, 2.75) is 6.54 Å². The van der Waals surface area contributed by atoms with E-state index < -0.39 is 5.97 Å². The minimum Gasteiger partial charge on any atom is -0.478 e. The second kappa shape index (κ2) is 5.58. The summed E-state index contributed by atoms with van der Waals surface area (Å²) in [7, 11) is 0. The lowest BCUT2D eigenvalue weighted by atomic mass is 10.2. The predicted molar refractivity (Wildman–Crippen MR) is 74.8 cm³/mol. The molecule has 0 bridgehead atoms. The van der Waals surface area contributed by atoms with Crippen molar-refractivity contribution in [3.05, 3.63) is 50.8 Å². The average Bonchev–Trinajstić information content (AvgIpc) is 2.76. The lowest BCUT2D eigenvalue weighted by molar-refractivity contribution is 0.0694. The summed E-state index contributed by atoms with van der Waals surface area (Å²) >= 11 is 6.78. The highest BCUT2D eigenvalue weighted by Crippen LogP contribution is 2.26. The van der Waals surface area contributed by atoms with Crippen molar-refractivity contribution < 1.29 is 14.3 Å². The topological polar surface area (TPSA) is 62.5 Å². The van der Waals surface area contributed by atoms with Gasteiger partial charge in [-0.2, -0.15) is 0 Å². The van der Waals surface area contributed by atoms with Crippen LogP contribution < -0.4 is 5.32 Å². The molecule has 0 aliphatic heterocycles. The molecule has 0 saturated carbocycles. The normalized spacial score (nSPS) is 10.3. The van der Waals surface area contributed by atoms with Gasteiger partial charge in [0.1, 0.15) is 11.3 Å². The molecule has 2 rings (SSSR count). The Morgan fingerprint density at radius 2 is 2.11 bits per heavy atom. The van der Waals surface area contributed by atoms with Crippen LogP contribution in [0.2, 0.25) is 0 Å². The van der Waals surface area contributed by atoms with Crippen molar-refractivity contribution in [3.8, 4) is 0 Å². The molecule has 0 fully saturated rings. The van der Waals surface area contributed by atoms with Crippen molar-refractivity contribution in [3.63, 3.8) is 0 Å². The second-order valence-corrected chi connectivity index (χ2v) is 5.31. The Morgan fingerprint density at radius 1 is 1.33 bits per heavy atom. The highest BCUT2D eigenvalue weighted by atomic mass is 79.9. The Morgan fingerprint density at radius 3 is 2.78 bits per heavy atom. The van der Waals surface area contributed by atoms with Crippen LogP contribution in [0.4, 0.5) is 5.69 Å². The lowest BCUT2D eigenvalue weighted by Crippen LogP contribution is -2.04. The molecule has 6 heteroatoms. The molecule has 1 aromatic heterocycles. The molecule has 1 aromatic carbocycles. The summed E-state index contributed by atoms with van der Waals surface area (Å²) in [6, 6.07) is 7.13. The Bertz CT molecular complexity index is 580. The van der Waals surface area contributed by atoms with Crippen LogP contribution in [0.1, 0.15) is 16.1 Å². The van der Waals surface area contributed by atoms with E-state index in [1.165, 1.54) is 12.3 Å². The molecule has 0 spiro atoms. The van der Waals surface area contributed by atoms with Crippen molar-refractivity contribution >= 4 is 43.5 Å². The number of carbonyl (C=O) groups is 1. The molecule has 0 saturated heterocycles. The van der Waals surface area contributed by atoms with E-state index >= 15 is 0 Å². The molecule has 18 heavy (non-hydrogen) atoms. The molecule has 0 aliphatic rings. The van der Waals surface area contributed by atoms with E-state index in [0.717, 1.165) is 14.6 Å². The summed E-state index contributed by atoms with van der Waals surface area (Å²) in [5, 5.41) is 12.1. The zero-order valence-corrected chi connectivity index (χ0v) is 12.3. The summed E-state index contributed by atoms with van der Waals surface area (Å²) in [4.78, 5) is 10.9. The maximum Gasteiger partial charge on any atom is 0.339 e. The van der Waals surface area contributed by atoms with Gasteiger partial charge in [-0.1, -0.05) is 15.9 Å². The minimum atomic E-state index is -0.990. The quantitative estimate of drug-likeness (QED) is 0.845. The van der Waals surface area contributed by atoms with Crippen molar-refractivity contribution in [1.82, 2.24) is 0 Å². The third-order valence-corrected chi connectivity index (χ3v) is 3.50. The van der Waals surface area contributed by atoms with E-state index in [9.17, 15) is 4.79 Å². The van der Waals surface area contributed by atoms with Crippen molar-refractivity contribution in [1.29, 1.82) is 0 Å². The number of aromatic carboxylic acids is 1. The zero-order valence-electron chi connectivity index (χ0n) is 9.11. The van der Waals surface area contributed by atoms with E-state index in [2.05, 4.69) is 37.2 Å². The summed E-state index contributed by atoms with van der Waals surface area (Å²) in [5.74, 6) is -0.590. The van der Waals surface area contributed by atoms with Crippen LogP contribution in [0.5, 0.6) is 0 Å². The number of halogens is 2. The Labute approximate surface area is 120 Å². The second-order valence-electron chi connectivity index (χ2n) is 3.54. The van der Waals surface area contributed by atoms with Crippen LogP contribution in [0.15, 0.2) is 43.9 Å². The Kier molecular flexibility index (Phi) is 4.08. The number of carboxylic acids is 1. The number of benzene rings is 1. The van der Waals surface area contributed by atoms with Crippen molar-refractivity contribution in [2.75, 3.05) is 5.32 Å². The Balaban J connectivity index is 2.11. The number of nitrogens with one attached hydrogen (secondary N) is 1. The number of rotatable bonds is 4. The summed E-state index contributed by atoms with van der Waals surface area (Å²) < 4.78 is 6.99. The molecule has 0 radical (unpaired) electrons. The third kappa shape index (κ3) is 2.94. The number of hydrogen-bond acceptors (Lipinski definition) is 3. The largest absolute Gasteiger partial charge is 0.478 e. The van der Waals surface area contributed by atoms with E-state index in [0.29, 0.717) is 12.3 Å². The maximum absolute atomic E-state index is 10.9. The molecular formula is C12H9Br2NO3. The first kappa shape index (κ1) is 13.2. The van der Waals surface area contributed by atoms with Gasteiger partial charge in [0.15, 0.2) is 0 Å². The van der Waals surface area contributed by atoms with Crippen LogP contribution in [0.25, 0.3) is 0 Å². The fourth-order valence-electron chi connectivity index (χ4n) is 1.48. The fourth-order valence-corrected chi connectivity index (χ4v) is 2.66. The maximum atomic E-state index is 10.9. The number of hydrogen-bond donors (Lipinski definition) is 2. The first-order valence-electron chi connectivity index (χ1n) is 5.06. The molecular weight excluding hydrogens is 366 g/mol. The van der Waals surface area contributed by atoms with Crippen molar-refractivity contribution in [2.24, 2.45) is 0 Å². The number of furan rings is 1. The van der Waals surface area contributed by atoms with Gasteiger partial charge in [0.2, 0.25) is 0 Å². The van der Waals surface area contributed by atoms with Gasteiger partial charge in [-0.05, 0) is 40.2 Å². The molecule has 0 atom stereocenters. The number of anilines is 1. The van der Waals surface area contributed by atoms with Gasteiger partial charge >= 0.3 is 5.97 Å². The van der Waals surface area contributed by atoms with Crippen LogP contribution in [0.3, 0.4) is 0 Å². The van der Waals surface area contributed by atoms with E-state index in [-0.39, 0.29) is 5.56 Å². The van der Waals surface area contributed by atoms with Crippen LogP contribution in [-0.4, -0.2) is 11.1 Å². The SMILES string of the molecule is O=C(O)c1ccoc1CNc1ccc(Br)cc1Br. The van der Waals surface area contributed by atoms with Gasteiger partial charge in [0.25, 0.3) is 0 Å². The van der Waals surface area contributed by atoms with Gasteiger partial charge in [-0.25, -0.2) is 4.79 Å². The third-order valence-electron chi connectivity index (χ3n) is 2.35.